The van der Waals surface area contributed by atoms with Gasteiger partial charge in [0.2, 0.25) is 0 Å². The molecule has 1 aromatic heterocycles. The zero-order valence-corrected chi connectivity index (χ0v) is 17.8. The second kappa shape index (κ2) is 8.42. The minimum absolute atomic E-state index is 0.0408. The molecule has 0 bridgehead atoms. The fraction of sp³-hybridized carbons (Fsp3) is 0.478. The van der Waals surface area contributed by atoms with Crippen molar-refractivity contribution < 1.29 is 23.8 Å². The molecular weight excluding hydrogens is 384 g/mol. The van der Waals surface area contributed by atoms with E-state index >= 15 is 0 Å². The molecule has 0 saturated carbocycles. The highest BCUT2D eigenvalue weighted by Crippen LogP contribution is 2.34. The van der Waals surface area contributed by atoms with Crippen LogP contribution in [-0.4, -0.2) is 54.3 Å². The average molecular weight is 412 g/mol. The zero-order valence-electron chi connectivity index (χ0n) is 17.8. The summed E-state index contributed by atoms with van der Waals surface area (Å²) in [6.07, 6.45) is 1.56. The van der Waals surface area contributed by atoms with Crippen LogP contribution >= 0.6 is 0 Å². The Morgan fingerprint density at radius 3 is 2.67 bits per heavy atom. The molecule has 2 aromatic rings. The quantitative estimate of drug-likeness (QED) is 0.721. The summed E-state index contributed by atoms with van der Waals surface area (Å²) >= 11 is 0. The van der Waals surface area contributed by atoms with Crippen LogP contribution in [0.2, 0.25) is 0 Å². The molecule has 1 amide bonds. The second-order valence-electron chi connectivity index (χ2n) is 7.79. The first-order valence-corrected chi connectivity index (χ1v) is 10.5. The lowest BCUT2D eigenvalue weighted by molar-refractivity contribution is -0.149. The summed E-state index contributed by atoms with van der Waals surface area (Å²) in [5, 5.41) is 0. The molecule has 30 heavy (non-hydrogen) atoms. The Hall–Kier alpha value is -2.96. The van der Waals surface area contributed by atoms with Gasteiger partial charge < -0.3 is 23.7 Å². The number of rotatable bonds is 4. The van der Waals surface area contributed by atoms with E-state index in [2.05, 4.69) is 4.57 Å². The minimum Gasteiger partial charge on any atom is -0.486 e. The van der Waals surface area contributed by atoms with E-state index in [0.29, 0.717) is 44.2 Å². The highest BCUT2D eigenvalue weighted by atomic mass is 16.6. The van der Waals surface area contributed by atoms with E-state index in [4.69, 9.17) is 14.2 Å². The molecule has 3 heterocycles. The van der Waals surface area contributed by atoms with Gasteiger partial charge in [-0.3, -0.25) is 9.59 Å². The summed E-state index contributed by atoms with van der Waals surface area (Å²) in [5.74, 6) is 0.955. The third-order valence-corrected chi connectivity index (χ3v) is 5.77. The van der Waals surface area contributed by atoms with E-state index in [9.17, 15) is 9.59 Å². The monoisotopic (exact) mass is 412 g/mol. The normalized spacial score (nSPS) is 18.2. The van der Waals surface area contributed by atoms with Gasteiger partial charge in [-0.25, -0.2) is 0 Å². The van der Waals surface area contributed by atoms with Crippen molar-refractivity contribution in [2.45, 2.75) is 33.6 Å². The second-order valence-corrected chi connectivity index (χ2v) is 7.79. The minimum atomic E-state index is -0.246. The molecule has 2 aliphatic rings. The maximum absolute atomic E-state index is 13.3. The molecule has 4 rings (SSSR count). The van der Waals surface area contributed by atoms with Crippen molar-refractivity contribution in [2.24, 2.45) is 5.92 Å². The largest absolute Gasteiger partial charge is 0.486 e. The molecule has 1 aromatic carbocycles. The van der Waals surface area contributed by atoms with Gasteiger partial charge in [0, 0.05) is 36.2 Å². The zero-order chi connectivity index (χ0) is 21.3. The Bertz CT molecular complexity index is 965. The van der Waals surface area contributed by atoms with Crippen molar-refractivity contribution in [3.63, 3.8) is 0 Å². The summed E-state index contributed by atoms with van der Waals surface area (Å²) in [6.45, 7) is 8.24. The molecule has 0 spiro atoms. The van der Waals surface area contributed by atoms with Crippen LogP contribution in [0.1, 0.15) is 41.5 Å². The first-order valence-electron chi connectivity index (χ1n) is 10.5. The Morgan fingerprint density at radius 1 is 1.13 bits per heavy atom. The number of esters is 1. The first kappa shape index (κ1) is 20.3. The van der Waals surface area contributed by atoms with Crippen molar-refractivity contribution >= 4 is 11.9 Å². The van der Waals surface area contributed by atoms with Crippen molar-refractivity contribution in [2.75, 3.05) is 32.9 Å². The van der Waals surface area contributed by atoms with Crippen LogP contribution in [0.4, 0.5) is 0 Å². The van der Waals surface area contributed by atoms with E-state index in [1.165, 1.54) is 0 Å². The van der Waals surface area contributed by atoms with Gasteiger partial charge in [-0.05, 0) is 51.8 Å². The number of aromatic nitrogens is 1. The molecule has 1 atom stereocenters. The number of aryl methyl sites for hydroxylation is 1. The molecule has 0 aliphatic carbocycles. The number of piperidine rings is 1. The predicted molar refractivity (Wildman–Crippen MR) is 111 cm³/mol. The predicted octanol–water partition coefficient (Wildman–Crippen LogP) is 3.28. The topological polar surface area (TPSA) is 70.0 Å². The van der Waals surface area contributed by atoms with Crippen molar-refractivity contribution in [1.82, 2.24) is 9.47 Å². The summed E-state index contributed by atoms with van der Waals surface area (Å²) < 4.78 is 18.5. The molecule has 1 unspecified atom stereocenters. The van der Waals surface area contributed by atoms with Crippen LogP contribution in [0.25, 0.3) is 5.69 Å². The molecule has 7 nitrogen and oxygen atoms in total. The van der Waals surface area contributed by atoms with Gasteiger partial charge in [0.05, 0.1) is 18.1 Å². The Balaban J connectivity index is 1.59. The standard InChI is InChI=1S/C23H28N2O5/c1-4-28-23(27)17-6-5-9-24(14-17)22(26)19-12-15(2)25(16(19)3)18-7-8-20-21(13-18)30-11-10-29-20/h7-8,12-13,17H,4-6,9-11,14H2,1-3H3. The fourth-order valence-electron chi connectivity index (χ4n) is 4.33. The van der Waals surface area contributed by atoms with Crippen molar-refractivity contribution in [3.8, 4) is 17.2 Å². The lowest BCUT2D eigenvalue weighted by Crippen LogP contribution is -2.43. The van der Waals surface area contributed by atoms with E-state index < -0.39 is 0 Å². The van der Waals surface area contributed by atoms with Gasteiger partial charge in [0.15, 0.2) is 11.5 Å². The van der Waals surface area contributed by atoms with Gasteiger partial charge in [-0.1, -0.05) is 0 Å². The van der Waals surface area contributed by atoms with E-state index in [1.54, 1.807) is 11.8 Å². The smallest absolute Gasteiger partial charge is 0.310 e. The summed E-state index contributed by atoms with van der Waals surface area (Å²) in [4.78, 5) is 27.2. The highest BCUT2D eigenvalue weighted by Gasteiger charge is 2.31. The van der Waals surface area contributed by atoms with Crippen LogP contribution in [0.3, 0.4) is 0 Å². The number of hydrogen-bond donors (Lipinski definition) is 0. The van der Waals surface area contributed by atoms with Gasteiger partial charge in [0.1, 0.15) is 13.2 Å². The number of ether oxygens (including phenoxy) is 3. The Morgan fingerprint density at radius 2 is 1.90 bits per heavy atom. The number of likely N-dealkylation sites (tertiary alicyclic amines) is 1. The number of carbonyl (C=O) groups is 2. The summed E-state index contributed by atoms with van der Waals surface area (Å²) in [5.41, 5.74) is 3.42. The van der Waals surface area contributed by atoms with Crippen molar-refractivity contribution in [3.05, 3.63) is 41.2 Å². The molecule has 0 radical (unpaired) electrons. The lowest BCUT2D eigenvalue weighted by atomic mass is 9.97. The Labute approximate surface area is 176 Å². The summed E-state index contributed by atoms with van der Waals surface area (Å²) in [7, 11) is 0. The van der Waals surface area contributed by atoms with Crippen LogP contribution < -0.4 is 9.47 Å². The summed E-state index contributed by atoms with van der Waals surface area (Å²) in [6, 6.07) is 7.74. The van der Waals surface area contributed by atoms with Crippen molar-refractivity contribution in [1.29, 1.82) is 0 Å². The van der Waals surface area contributed by atoms with Crippen LogP contribution in [0.15, 0.2) is 24.3 Å². The molecule has 1 saturated heterocycles. The molecule has 160 valence electrons. The van der Waals surface area contributed by atoms with Crippen LogP contribution in [-0.2, 0) is 9.53 Å². The molecule has 2 aliphatic heterocycles. The number of benzene rings is 1. The lowest BCUT2D eigenvalue weighted by Gasteiger charge is -2.31. The van der Waals surface area contributed by atoms with E-state index in [-0.39, 0.29) is 17.8 Å². The number of carbonyl (C=O) groups excluding carboxylic acids is 2. The van der Waals surface area contributed by atoms with E-state index in [1.807, 2.05) is 38.1 Å². The molecule has 7 heteroatoms. The molecular formula is C23H28N2O5. The fourth-order valence-corrected chi connectivity index (χ4v) is 4.33. The number of amides is 1. The molecule has 0 N–H and O–H groups in total. The number of fused-ring (bicyclic) bond motifs is 1. The van der Waals surface area contributed by atoms with E-state index in [0.717, 1.165) is 35.7 Å². The van der Waals surface area contributed by atoms with Gasteiger partial charge in [-0.15, -0.1) is 0 Å². The first-order chi connectivity index (χ1) is 14.5. The van der Waals surface area contributed by atoms with Gasteiger partial charge >= 0.3 is 5.97 Å². The maximum Gasteiger partial charge on any atom is 0.310 e. The van der Waals surface area contributed by atoms with Crippen LogP contribution in [0, 0.1) is 19.8 Å². The SMILES string of the molecule is CCOC(=O)C1CCCN(C(=O)c2cc(C)n(-c3ccc4c(c3)OCCO4)c2C)C1. The van der Waals surface area contributed by atoms with Crippen LogP contribution in [0.5, 0.6) is 11.5 Å². The number of hydrogen-bond acceptors (Lipinski definition) is 5. The molecule has 1 fully saturated rings. The van der Waals surface area contributed by atoms with Gasteiger partial charge in [0.25, 0.3) is 5.91 Å². The third kappa shape index (κ3) is 3.76. The van der Waals surface area contributed by atoms with Gasteiger partial charge in [-0.2, -0.15) is 0 Å². The Kier molecular flexibility index (Phi) is 5.70. The average Bonchev–Trinajstić information content (AvgIpc) is 3.07. The maximum atomic E-state index is 13.3. The highest BCUT2D eigenvalue weighted by molar-refractivity contribution is 5.96. The third-order valence-electron chi connectivity index (χ3n) is 5.77. The number of nitrogens with zero attached hydrogens (tertiary/aromatic N) is 2.